The fourth-order valence-corrected chi connectivity index (χ4v) is 3.18. The van der Waals surface area contributed by atoms with Crippen molar-refractivity contribution in [3.8, 4) is 0 Å². The van der Waals surface area contributed by atoms with Crippen LogP contribution in [0.1, 0.15) is 37.9 Å². The van der Waals surface area contributed by atoms with Gasteiger partial charge in [-0.05, 0) is 46.3 Å². The molecule has 1 aliphatic rings. The molecule has 0 atom stereocenters. The molecule has 0 bridgehead atoms. The van der Waals surface area contributed by atoms with E-state index < -0.39 is 0 Å². The van der Waals surface area contributed by atoms with Crippen LogP contribution < -0.4 is 0 Å². The van der Waals surface area contributed by atoms with E-state index in [2.05, 4.69) is 15.9 Å². The van der Waals surface area contributed by atoms with Crippen molar-refractivity contribution in [3.05, 3.63) is 22.6 Å². The molecule has 84 valence electrons. The van der Waals surface area contributed by atoms with E-state index in [1.807, 2.05) is 12.1 Å². The summed E-state index contributed by atoms with van der Waals surface area (Å²) in [5, 5.41) is 0. The highest BCUT2D eigenvalue weighted by Gasteiger charge is 2.32. The molecule has 0 amide bonds. The van der Waals surface area contributed by atoms with Crippen LogP contribution in [-0.2, 0) is 6.42 Å². The topological polar surface area (TPSA) is 13.1 Å². The van der Waals surface area contributed by atoms with Gasteiger partial charge in [0.2, 0.25) is 0 Å². The van der Waals surface area contributed by atoms with Crippen molar-refractivity contribution in [2.45, 2.75) is 38.5 Å². The summed E-state index contributed by atoms with van der Waals surface area (Å²) >= 11 is 9.48. The second-order valence-electron chi connectivity index (χ2n) is 4.58. The van der Waals surface area contributed by atoms with Gasteiger partial charge >= 0.3 is 0 Å². The number of halogens is 2. The molecule has 1 aromatic rings. The van der Waals surface area contributed by atoms with E-state index in [0.29, 0.717) is 0 Å². The van der Waals surface area contributed by atoms with Crippen LogP contribution in [-0.4, -0.2) is 5.88 Å². The summed E-state index contributed by atoms with van der Waals surface area (Å²) in [6, 6.07) is 4.01. The van der Waals surface area contributed by atoms with E-state index in [4.69, 9.17) is 16.0 Å². The van der Waals surface area contributed by atoms with Crippen LogP contribution in [0, 0.1) is 5.41 Å². The molecule has 2 rings (SSSR count). The standard InChI is InChI=1S/C12H16BrClO/c13-11-5-4-10(15-11)8-12(9-14)6-2-1-3-7-12/h4-5H,1-3,6-9H2. The average molecular weight is 292 g/mol. The maximum Gasteiger partial charge on any atom is 0.169 e. The lowest BCUT2D eigenvalue weighted by atomic mass is 9.73. The Morgan fingerprint density at radius 2 is 2.00 bits per heavy atom. The van der Waals surface area contributed by atoms with Gasteiger partial charge in [-0.15, -0.1) is 11.6 Å². The normalized spacial score (nSPS) is 20.4. The molecule has 0 aromatic carbocycles. The molecule has 0 aliphatic heterocycles. The molecule has 1 saturated carbocycles. The molecule has 0 unspecified atom stereocenters. The van der Waals surface area contributed by atoms with Gasteiger partial charge < -0.3 is 4.42 Å². The lowest BCUT2D eigenvalue weighted by Gasteiger charge is -2.34. The summed E-state index contributed by atoms with van der Waals surface area (Å²) in [6.45, 7) is 0. The lowest BCUT2D eigenvalue weighted by molar-refractivity contribution is 0.206. The number of hydrogen-bond donors (Lipinski definition) is 0. The average Bonchev–Trinajstić information content (AvgIpc) is 2.65. The van der Waals surface area contributed by atoms with Gasteiger partial charge in [0, 0.05) is 12.3 Å². The molecular formula is C12H16BrClO. The summed E-state index contributed by atoms with van der Waals surface area (Å²) in [7, 11) is 0. The summed E-state index contributed by atoms with van der Waals surface area (Å²) in [6.07, 6.45) is 7.47. The van der Waals surface area contributed by atoms with Crippen LogP contribution in [0.2, 0.25) is 0 Å². The smallest absolute Gasteiger partial charge is 0.169 e. The predicted octanol–water partition coefficient (Wildman–Crippen LogP) is 4.77. The molecule has 15 heavy (non-hydrogen) atoms. The molecule has 3 heteroatoms. The van der Waals surface area contributed by atoms with Gasteiger partial charge in [0.15, 0.2) is 4.67 Å². The third-order valence-corrected chi connectivity index (χ3v) is 4.37. The van der Waals surface area contributed by atoms with Crippen molar-refractivity contribution in [1.82, 2.24) is 0 Å². The number of hydrogen-bond acceptors (Lipinski definition) is 1. The maximum atomic E-state index is 6.14. The molecule has 1 aromatic heterocycles. The molecule has 1 heterocycles. The Kier molecular flexibility index (Phi) is 3.78. The lowest BCUT2D eigenvalue weighted by Crippen LogP contribution is -2.28. The van der Waals surface area contributed by atoms with Crippen LogP contribution in [0.3, 0.4) is 0 Å². The Hall–Kier alpha value is 0.0500. The minimum Gasteiger partial charge on any atom is -0.454 e. The van der Waals surface area contributed by atoms with Crippen molar-refractivity contribution in [2.75, 3.05) is 5.88 Å². The van der Waals surface area contributed by atoms with Gasteiger partial charge in [-0.3, -0.25) is 0 Å². The monoisotopic (exact) mass is 290 g/mol. The van der Waals surface area contributed by atoms with Crippen molar-refractivity contribution < 1.29 is 4.42 Å². The summed E-state index contributed by atoms with van der Waals surface area (Å²) in [5.74, 6) is 1.81. The molecule has 0 N–H and O–H groups in total. The first-order valence-electron chi connectivity index (χ1n) is 5.54. The highest BCUT2D eigenvalue weighted by molar-refractivity contribution is 9.10. The third kappa shape index (κ3) is 2.79. The van der Waals surface area contributed by atoms with E-state index in [9.17, 15) is 0 Å². The van der Waals surface area contributed by atoms with E-state index in [1.165, 1.54) is 32.1 Å². The molecule has 0 spiro atoms. The number of alkyl halides is 1. The Morgan fingerprint density at radius 3 is 2.53 bits per heavy atom. The highest BCUT2D eigenvalue weighted by Crippen LogP contribution is 2.40. The van der Waals surface area contributed by atoms with Crippen molar-refractivity contribution in [1.29, 1.82) is 0 Å². The Labute approximate surface area is 104 Å². The van der Waals surface area contributed by atoms with E-state index in [-0.39, 0.29) is 5.41 Å². The summed E-state index contributed by atoms with van der Waals surface area (Å²) in [5.41, 5.74) is 0.289. The van der Waals surface area contributed by atoms with E-state index in [0.717, 1.165) is 22.7 Å². The van der Waals surface area contributed by atoms with Crippen molar-refractivity contribution in [2.24, 2.45) is 5.41 Å². The SMILES string of the molecule is ClCC1(Cc2ccc(Br)o2)CCCCC1. The number of rotatable bonds is 3. The number of furan rings is 1. The Morgan fingerprint density at radius 1 is 1.27 bits per heavy atom. The minimum absolute atomic E-state index is 0.289. The molecule has 1 nitrogen and oxygen atoms in total. The minimum atomic E-state index is 0.289. The Bertz CT molecular complexity index is 315. The molecule has 1 fully saturated rings. The van der Waals surface area contributed by atoms with Crippen LogP contribution in [0.5, 0.6) is 0 Å². The molecule has 0 saturated heterocycles. The van der Waals surface area contributed by atoms with Crippen LogP contribution >= 0.6 is 27.5 Å². The van der Waals surface area contributed by atoms with Crippen LogP contribution in [0.25, 0.3) is 0 Å². The maximum absolute atomic E-state index is 6.14. The first kappa shape index (κ1) is 11.5. The first-order valence-corrected chi connectivity index (χ1v) is 6.87. The van der Waals surface area contributed by atoms with Gasteiger partial charge in [0.1, 0.15) is 5.76 Å². The summed E-state index contributed by atoms with van der Waals surface area (Å²) in [4.78, 5) is 0. The van der Waals surface area contributed by atoms with Crippen molar-refractivity contribution in [3.63, 3.8) is 0 Å². The van der Waals surface area contributed by atoms with Gasteiger partial charge in [-0.1, -0.05) is 19.3 Å². The second-order valence-corrected chi connectivity index (χ2v) is 5.63. The van der Waals surface area contributed by atoms with Gasteiger partial charge in [0.05, 0.1) is 0 Å². The van der Waals surface area contributed by atoms with Gasteiger partial charge in [0.25, 0.3) is 0 Å². The van der Waals surface area contributed by atoms with Gasteiger partial charge in [-0.2, -0.15) is 0 Å². The largest absolute Gasteiger partial charge is 0.454 e. The zero-order chi connectivity index (χ0) is 10.7. The zero-order valence-corrected chi connectivity index (χ0v) is 11.1. The zero-order valence-electron chi connectivity index (χ0n) is 8.77. The Balaban J connectivity index is 2.06. The fraction of sp³-hybridized carbons (Fsp3) is 0.667. The highest BCUT2D eigenvalue weighted by atomic mass is 79.9. The summed E-state index contributed by atoms with van der Waals surface area (Å²) < 4.78 is 6.39. The molecule has 0 radical (unpaired) electrons. The van der Waals surface area contributed by atoms with E-state index >= 15 is 0 Å². The third-order valence-electron chi connectivity index (χ3n) is 3.38. The predicted molar refractivity (Wildman–Crippen MR) is 66.4 cm³/mol. The quantitative estimate of drug-likeness (QED) is 0.731. The molecular weight excluding hydrogens is 275 g/mol. The van der Waals surface area contributed by atoms with Crippen molar-refractivity contribution >= 4 is 27.5 Å². The van der Waals surface area contributed by atoms with E-state index in [1.54, 1.807) is 0 Å². The molecule has 1 aliphatic carbocycles. The van der Waals surface area contributed by atoms with Crippen LogP contribution in [0.4, 0.5) is 0 Å². The second kappa shape index (κ2) is 4.92. The van der Waals surface area contributed by atoms with Crippen LogP contribution in [0.15, 0.2) is 21.2 Å². The van der Waals surface area contributed by atoms with Gasteiger partial charge in [-0.25, -0.2) is 0 Å². The first-order chi connectivity index (χ1) is 7.24. The fourth-order valence-electron chi connectivity index (χ4n) is 2.48.